The Morgan fingerprint density at radius 2 is 1.94 bits per heavy atom. The number of rotatable bonds is 3. The number of hydrogen-bond donors (Lipinski definition) is 1. The van der Waals surface area contributed by atoms with Gasteiger partial charge in [0.1, 0.15) is 5.69 Å². The number of aliphatic carboxylic acids is 1. The molecule has 1 aromatic heterocycles. The highest BCUT2D eigenvalue weighted by molar-refractivity contribution is 5.70. The molecule has 0 aliphatic carbocycles. The van der Waals surface area contributed by atoms with Gasteiger partial charge in [-0.05, 0) is 11.6 Å². The van der Waals surface area contributed by atoms with Crippen LogP contribution in [-0.4, -0.2) is 16.1 Å². The minimum absolute atomic E-state index is 0.117. The molecule has 0 atom stereocenters. The molecular formula is C9H5F6NO2. The molecular weight excluding hydrogens is 268 g/mol. The molecule has 0 aromatic carbocycles. The molecule has 0 fully saturated rings. The van der Waals surface area contributed by atoms with E-state index in [2.05, 4.69) is 4.98 Å². The number of nitrogens with zero attached hydrogens (tertiary/aromatic N) is 1. The Morgan fingerprint density at radius 1 is 1.39 bits per heavy atom. The van der Waals surface area contributed by atoms with Crippen molar-refractivity contribution in [3.63, 3.8) is 0 Å². The van der Waals surface area contributed by atoms with Gasteiger partial charge in [-0.1, -0.05) is 0 Å². The summed E-state index contributed by atoms with van der Waals surface area (Å²) in [5.41, 5.74) is -4.26. The van der Waals surface area contributed by atoms with Crippen LogP contribution in [0.5, 0.6) is 0 Å². The zero-order valence-electron chi connectivity index (χ0n) is 8.43. The van der Waals surface area contributed by atoms with E-state index in [9.17, 15) is 31.1 Å². The third kappa shape index (κ3) is 3.11. The Kier molecular flexibility index (Phi) is 3.82. The van der Waals surface area contributed by atoms with Gasteiger partial charge >= 0.3 is 12.1 Å². The summed E-state index contributed by atoms with van der Waals surface area (Å²) in [7, 11) is 0. The number of aromatic nitrogens is 1. The Bertz CT molecular complexity index is 471. The van der Waals surface area contributed by atoms with Crippen LogP contribution in [-0.2, 0) is 17.4 Å². The number of pyridine rings is 1. The van der Waals surface area contributed by atoms with Crippen molar-refractivity contribution < 1.29 is 36.2 Å². The standard InChI is InChI=1S/C9H5F6NO2/c10-4-1-3(2-5(17)18)6(8(11)12)16-7(4)9(13,14)15/h1,8H,2H2,(H,17,18). The number of halogens is 6. The molecule has 0 unspecified atom stereocenters. The lowest BCUT2D eigenvalue weighted by Crippen LogP contribution is -2.16. The van der Waals surface area contributed by atoms with Crippen molar-refractivity contribution in [1.29, 1.82) is 0 Å². The number of carboxylic acids is 1. The van der Waals surface area contributed by atoms with E-state index in [-0.39, 0.29) is 6.07 Å². The maximum absolute atomic E-state index is 13.0. The quantitative estimate of drug-likeness (QED) is 0.861. The third-order valence-electron chi connectivity index (χ3n) is 1.91. The van der Waals surface area contributed by atoms with Crippen LogP contribution in [0.25, 0.3) is 0 Å². The first kappa shape index (κ1) is 14.3. The molecule has 1 rings (SSSR count). The van der Waals surface area contributed by atoms with Crippen molar-refractivity contribution in [3.05, 3.63) is 28.8 Å². The monoisotopic (exact) mass is 273 g/mol. The molecule has 0 aliphatic rings. The third-order valence-corrected chi connectivity index (χ3v) is 1.91. The second-order valence-corrected chi connectivity index (χ2v) is 3.23. The van der Waals surface area contributed by atoms with Crippen molar-refractivity contribution in [1.82, 2.24) is 4.98 Å². The van der Waals surface area contributed by atoms with E-state index in [1.807, 2.05) is 0 Å². The molecule has 0 bridgehead atoms. The first-order valence-corrected chi connectivity index (χ1v) is 4.39. The van der Waals surface area contributed by atoms with Gasteiger partial charge in [-0.2, -0.15) is 13.2 Å². The molecule has 0 amide bonds. The van der Waals surface area contributed by atoms with Gasteiger partial charge < -0.3 is 5.11 Å². The molecule has 100 valence electrons. The number of hydrogen-bond acceptors (Lipinski definition) is 2. The van der Waals surface area contributed by atoms with Crippen molar-refractivity contribution in [2.45, 2.75) is 19.0 Å². The highest BCUT2D eigenvalue weighted by atomic mass is 19.4. The molecule has 0 saturated carbocycles. The molecule has 0 aliphatic heterocycles. The van der Waals surface area contributed by atoms with Gasteiger partial charge in [0, 0.05) is 0 Å². The summed E-state index contributed by atoms with van der Waals surface area (Å²) in [6.07, 6.45) is -9.70. The van der Waals surface area contributed by atoms with Crippen LogP contribution in [0.4, 0.5) is 26.3 Å². The minimum atomic E-state index is -5.23. The second kappa shape index (κ2) is 4.83. The van der Waals surface area contributed by atoms with Crippen LogP contribution in [0.2, 0.25) is 0 Å². The lowest BCUT2D eigenvalue weighted by Gasteiger charge is -2.12. The molecule has 3 nitrogen and oxygen atoms in total. The van der Waals surface area contributed by atoms with Gasteiger partial charge in [-0.25, -0.2) is 18.2 Å². The van der Waals surface area contributed by atoms with Gasteiger partial charge in [0.15, 0.2) is 11.5 Å². The van der Waals surface area contributed by atoms with Crippen molar-refractivity contribution >= 4 is 5.97 Å². The molecule has 1 heterocycles. The van der Waals surface area contributed by atoms with Crippen LogP contribution in [0.15, 0.2) is 6.07 Å². The van der Waals surface area contributed by atoms with E-state index >= 15 is 0 Å². The highest BCUT2D eigenvalue weighted by Crippen LogP contribution is 2.33. The summed E-state index contributed by atoms with van der Waals surface area (Å²) in [6, 6.07) is 0.117. The lowest BCUT2D eigenvalue weighted by molar-refractivity contribution is -0.144. The highest BCUT2D eigenvalue weighted by Gasteiger charge is 2.38. The van der Waals surface area contributed by atoms with Crippen LogP contribution >= 0.6 is 0 Å². The summed E-state index contributed by atoms with van der Waals surface area (Å²) in [4.78, 5) is 12.8. The Labute approximate surface area is 96.1 Å². The largest absolute Gasteiger partial charge is 0.481 e. The topological polar surface area (TPSA) is 50.2 Å². The molecule has 0 radical (unpaired) electrons. The SMILES string of the molecule is O=C(O)Cc1cc(F)c(C(F)(F)F)nc1C(F)F. The van der Waals surface area contributed by atoms with Crippen LogP contribution in [0.3, 0.4) is 0 Å². The van der Waals surface area contributed by atoms with Crippen molar-refractivity contribution in [2.24, 2.45) is 0 Å². The van der Waals surface area contributed by atoms with Crippen molar-refractivity contribution in [3.8, 4) is 0 Å². The lowest BCUT2D eigenvalue weighted by atomic mass is 10.1. The summed E-state index contributed by atoms with van der Waals surface area (Å²) in [6.45, 7) is 0. The van der Waals surface area contributed by atoms with Gasteiger partial charge in [0.25, 0.3) is 6.43 Å². The van der Waals surface area contributed by atoms with Crippen LogP contribution in [0.1, 0.15) is 23.4 Å². The first-order valence-electron chi connectivity index (χ1n) is 4.39. The molecule has 0 saturated heterocycles. The molecule has 18 heavy (non-hydrogen) atoms. The Balaban J connectivity index is 3.39. The molecule has 1 aromatic rings. The zero-order chi connectivity index (χ0) is 14.1. The first-order chi connectivity index (χ1) is 8.12. The maximum atomic E-state index is 13.0. The van der Waals surface area contributed by atoms with E-state index in [4.69, 9.17) is 5.11 Å². The molecule has 1 N–H and O–H groups in total. The van der Waals surface area contributed by atoms with E-state index in [1.165, 1.54) is 0 Å². The van der Waals surface area contributed by atoms with E-state index in [0.717, 1.165) is 0 Å². The summed E-state index contributed by atoms with van der Waals surface area (Å²) < 4.78 is 74.6. The minimum Gasteiger partial charge on any atom is -0.481 e. The maximum Gasteiger partial charge on any atom is 0.436 e. The van der Waals surface area contributed by atoms with E-state index < -0.39 is 47.8 Å². The number of carboxylic acid groups (broad SMARTS) is 1. The normalized spacial score (nSPS) is 11.9. The number of carbonyl (C=O) groups is 1. The molecule has 9 heteroatoms. The molecule has 0 spiro atoms. The van der Waals surface area contributed by atoms with Gasteiger partial charge in [0.05, 0.1) is 6.42 Å². The summed E-state index contributed by atoms with van der Waals surface area (Å²) in [5.74, 6) is -3.47. The Hall–Kier alpha value is -1.80. The van der Waals surface area contributed by atoms with Crippen LogP contribution in [0, 0.1) is 5.82 Å². The summed E-state index contributed by atoms with van der Waals surface area (Å²) >= 11 is 0. The smallest absolute Gasteiger partial charge is 0.436 e. The predicted molar refractivity (Wildman–Crippen MR) is 45.5 cm³/mol. The predicted octanol–water partition coefficient (Wildman–Crippen LogP) is 2.80. The van der Waals surface area contributed by atoms with Gasteiger partial charge in [-0.15, -0.1) is 0 Å². The second-order valence-electron chi connectivity index (χ2n) is 3.23. The average molecular weight is 273 g/mol. The fraction of sp³-hybridized carbons (Fsp3) is 0.333. The van der Waals surface area contributed by atoms with E-state index in [0.29, 0.717) is 0 Å². The zero-order valence-corrected chi connectivity index (χ0v) is 8.43. The van der Waals surface area contributed by atoms with E-state index in [1.54, 1.807) is 0 Å². The van der Waals surface area contributed by atoms with Crippen molar-refractivity contribution in [2.75, 3.05) is 0 Å². The van der Waals surface area contributed by atoms with Crippen LogP contribution < -0.4 is 0 Å². The average Bonchev–Trinajstić information content (AvgIpc) is 2.13. The fourth-order valence-corrected chi connectivity index (χ4v) is 1.23. The van der Waals surface area contributed by atoms with Gasteiger partial charge in [-0.3, -0.25) is 4.79 Å². The Morgan fingerprint density at radius 3 is 2.33 bits per heavy atom. The van der Waals surface area contributed by atoms with Gasteiger partial charge in [0.2, 0.25) is 0 Å². The fourth-order valence-electron chi connectivity index (χ4n) is 1.23. The summed E-state index contributed by atoms with van der Waals surface area (Å²) in [5, 5.41) is 8.38. The number of alkyl halides is 5.